The molecular weight excluding hydrogens is 365 g/mol. The molecule has 1 rings (SSSR count). The van der Waals surface area contributed by atoms with Crippen molar-refractivity contribution in [2.24, 2.45) is 0 Å². The summed E-state index contributed by atoms with van der Waals surface area (Å²) in [5.41, 5.74) is 0.215. The summed E-state index contributed by atoms with van der Waals surface area (Å²) in [5, 5.41) is -0.0557. The Bertz CT molecular complexity index is 674. The molecule has 0 aliphatic heterocycles. The van der Waals surface area contributed by atoms with Crippen LogP contribution in [0.25, 0.3) is 0 Å². The van der Waals surface area contributed by atoms with Gasteiger partial charge >= 0.3 is 0 Å². The van der Waals surface area contributed by atoms with E-state index in [9.17, 15) is 17.0 Å². The molecule has 0 fully saturated rings. The van der Waals surface area contributed by atoms with Crippen molar-refractivity contribution >= 4 is 32.7 Å². The van der Waals surface area contributed by atoms with E-state index in [4.69, 9.17) is 15.8 Å². The minimum absolute atomic E-state index is 0.0557. The monoisotopic (exact) mass is 385 g/mol. The van der Waals surface area contributed by atoms with Crippen molar-refractivity contribution in [1.29, 1.82) is 0 Å². The maximum absolute atomic E-state index is 14.2. The number of hydrogen-bond acceptors (Lipinski definition) is 4. The van der Waals surface area contributed by atoms with Gasteiger partial charge in [0.2, 0.25) is 0 Å². The standard InChI is InChI=1S/C14H21ClFNO4S2/c1-14(2,3)22(18)17-12(8-9-21-23(4,19)20)10-6-5-7-11(15)13(10)16/h5-7,12,17H,8-9H2,1-4H3/t12-,22+/m0/s1. The molecule has 2 atom stereocenters. The molecule has 0 aromatic heterocycles. The second-order valence-electron chi connectivity index (χ2n) is 6.01. The molecule has 132 valence electrons. The van der Waals surface area contributed by atoms with E-state index in [2.05, 4.69) is 4.72 Å². The number of benzene rings is 1. The Hall–Kier alpha value is -0.540. The van der Waals surface area contributed by atoms with Gasteiger partial charge in [-0.15, -0.1) is 0 Å². The third kappa shape index (κ3) is 6.84. The van der Waals surface area contributed by atoms with Crippen molar-refractivity contribution in [1.82, 2.24) is 4.72 Å². The summed E-state index contributed by atoms with van der Waals surface area (Å²) in [6.07, 6.45) is 1.05. The molecule has 1 aromatic carbocycles. The van der Waals surface area contributed by atoms with Crippen molar-refractivity contribution in [2.75, 3.05) is 12.9 Å². The number of hydrogen-bond donors (Lipinski definition) is 1. The molecule has 0 saturated heterocycles. The molecule has 1 N–H and O–H groups in total. The van der Waals surface area contributed by atoms with Crippen LogP contribution < -0.4 is 4.72 Å². The molecule has 0 heterocycles. The first-order valence-electron chi connectivity index (χ1n) is 6.88. The van der Waals surface area contributed by atoms with E-state index in [-0.39, 0.29) is 23.6 Å². The Morgan fingerprint density at radius 1 is 1.39 bits per heavy atom. The lowest BCUT2D eigenvalue weighted by molar-refractivity contribution is 0.299. The van der Waals surface area contributed by atoms with Crippen LogP contribution in [0.2, 0.25) is 5.02 Å². The Balaban J connectivity index is 3.01. The van der Waals surface area contributed by atoms with Crippen molar-refractivity contribution in [3.05, 3.63) is 34.6 Å². The molecule has 0 saturated carbocycles. The molecule has 0 spiro atoms. The maximum Gasteiger partial charge on any atom is 0.264 e. The van der Waals surface area contributed by atoms with Crippen molar-refractivity contribution in [3.8, 4) is 0 Å². The van der Waals surface area contributed by atoms with Gasteiger partial charge in [0, 0.05) is 11.6 Å². The number of nitrogens with one attached hydrogen (secondary N) is 1. The lowest BCUT2D eigenvalue weighted by Crippen LogP contribution is -2.36. The zero-order valence-corrected chi connectivity index (χ0v) is 15.8. The van der Waals surface area contributed by atoms with Gasteiger partial charge in [0.05, 0.1) is 33.6 Å². The van der Waals surface area contributed by atoms with Gasteiger partial charge in [0.25, 0.3) is 10.1 Å². The summed E-state index contributed by atoms with van der Waals surface area (Å²) in [6.45, 7) is 5.15. The molecule has 0 unspecified atom stereocenters. The van der Waals surface area contributed by atoms with Gasteiger partial charge in [0.1, 0.15) is 5.82 Å². The van der Waals surface area contributed by atoms with Crippen LogP contribution in [0.4, 0.5) is 4.39 Å². The quantitative estimate of drug-likeness (QED) is 0.732. The minimum atomic E-state index is -3.60. The lowest BCUT2D eigenvalue weighted by Gasteiger charge is -2.25. The van der Waals surface area contributed by atoms with E-state index in [1.54, 1.807) is 26.8 Å². The van der Waals surface area contributed by atoms with Crippen LogP contribution in [0, 0.1) is 5.82 Å². The fourth-order valence-corrected chi connectivity index (χ4v) is 3.13. The summed E-state index contributed by atoms with van der Waals surface area (Å²) in [5.74, 6) is -0.628. The first-order valence-corrected chi connectivity index (χ1v) is 10.2. The van der Waals surface area contributed by atoms with Crippen molar-refractivity contribution in [2.45, 2.75) is 38.0 Å². The van der Waals surface area contributed by atoms with E-state index in [0.29, 0.717) is 0 Å². The summed E-state index contributed by atoms with van der Waals surface area (Å²) in [4.78, 5) is 0. The van der Waals surface area contributed by atoms with Gasteiger partial charge in [-0.2, -0.15) is 8.42 Å². The summed E-state index contributed by atoms with van der Waals surface area (Å²) >= 11 is 5.79. The predicted octanol–water partition coefficient (Wildman–Crippen LogP) is 2.94. The van der Waals surface area contributed by atoms with Crippen LogP contribution in [0.1, 0.15) is 38.8 Å². The summed E-state index contributed by atoms with van der Waals surface area (Å²) < 4.78 is 55.6. The van der Waals surface area contributed by atoms with Crippen LogP contribution in [0.3, 0.4) is 0 Å². The summed E-state index contributed by atoms with van der Waals surface area (Å²) in [7, 11) is -5.07. The highest BCUT2D eigenvalue weighted by atomic mass is 35.5. The normalized spacial score (nSPS) is 15.4. The molecule has 23 heavy (non-hydrogen) atoms. The van der Waals surface area contributed by atoms with Crippen molar-refractivity contribution in [3.63, 3.8) is 0 Å². The highest BCUT2D eigenvalue weighted by Gasteiger charge is 2.26. The second kappa shape index (κ2) is 8.02. The fraction of sp³-hybridized carbons (Fsp3) is 0.571. The van der Waals surface area contributed by atoms with E-state index in [1.807, 2.05) is 0 Å². The predicted molar refractivity (Wildman–Crippen MR) is 90.6 cm³/mol. The van der Waals surface area contributed by atoms with Gasteiger partial charge < -0.3 is 0 Å². The van der Waals surface area contributed by atoms with Gasteiger partial charge in [-0.25, -0.2) is 13.3 Å². The van der Waals surface area contributed by atoms with Crippen LogP contribution >= 0.6 is 11.6 Å². The van der Waals surface area contributed by atoms with Crippen molar-refractivity contribution < 1.29 is 21.2 Å². The zero-order valence-electron chi connectivity index (χ0n) is 13.4. The Kier molecular flexibility index (Phi) is 7.15. The third-order valence-corrected chi connectivity index (χ3v) is 5.36. The molecule has 5 nitrogen and oxygen atoms in total. The molecule has 0 amide bonds. The molecule has 9 heteroatoms. The number of halogens is 2. The van der Waals surface area contributed by atoms with E-state index in [0.717, 1.165) is 6.26 Å². The van der Waals surface area contributed by atoms with E-state index >= 15 is 0 Å². The lowest BCUT2D eigenvalue weighted by atomic mass is 10.0. The smallest absolute Gasteiger partial charge is 0.264 e. The average molecular weight is 386 g/mol. The first kappa shape index (κ1) is 20.5. The molecule has 0 radical (unpaired) electrons. The highest BCUT2D eigenvalue weighted by molar-refractivity contribution is 7.86. The second-order valence-corrected chi connectivity index (χ2v) is 10.1. The van der Waals surface area contributed by atoms with Gasteiger partial charge in [-0.05, 0) is 33.3 Å². The molecule has 0 aliphatic rings. The maximum atomic E-state index is 14.2. The minimum Gasteiger partial charge on any atom is -0.270 e. The van der Waals surface area contributed by atoms with E-state index in [1.165, 1.54) is 12.1 Å². The third-order valence-electron chi connectivity index (χ3n) is 2.87. The molecule has 0 aliphatic carbocycles. The average Bonchev–Trinajstić information content (AvgIpc) is 2.38. The van der Waals surface area contributed by atoms with Crippen LogP contribution in [-0.2, 0) is 25.3 Å². The Morgan fingerprint density at radius 3 is 2.52 bits per heavy atom. The van der Waals surface area contributed by atoms with Gasteiger partial charge in [-0.3, -0.25) is 4.18 Å². The van der Waals surface area contributed by atoms with Gasteiger partial charge in [0.15, 0.2) is 0 Å². The van der Waals surface area contributed by atoms with E-state index < -0.39 is 37.7 Å². The Morgan fingerprint density at radius 2 is 2.00 bits per heavy atom. The van der Waals surface area contributed by atoms with Gasteiger partial charge in [-0.1, -0.05) is 23.7 Å². The molecule has 0 bridgehead atoms. The van der Waals surface area contributed by atoms with Crippen LogP contribution in [0.15, 0.2) is 18.2 Å². The topological polar surface area (TPSA) is 72.5 Å². The number of rotatable bonds is 7. The SMILES string of the molecule is CC(C)(C)[S@@](=O)N[C@@H](CCOS(C)(=O)=O)c1cccc(Cl)c1F. The zero-order chi connectivity index (χ0) is 17.8. The largest absolute Gasteiger partial charge is 0.270 e. The van der Waals surface area contributed by atoms with Crippen LogP contribution in [-0.4, -0.2) is 30.2 Å². The Labute approximate surface area is 144 Å². The highest BCUT2D eigenvalue weighted by Crippen LogP contribution is 2.27. The molecule has 1 aromatic rings. The molecular formula is C14H21ClFNO4S2. The summed E-state index contributed by atoms with van der Waals surface area (Å²) in [6, 6.07) is 3.80. The fourth-order valence-electron chi connectivity index (χ4n) is 1.69. The van der Waals surface area contributed by atoms with Crippen LogP contribution in [0.5, 0.6) is 0 Å². The first-order chi connectivity index (χ1) is 10.4.